The van der Waals surface area contributed by atoms with Gasteiger partial charge in [-0.05, 0) is 15.9 Å². The van der Waals surface area contributed by atoms with Crippen LogP contribution in [0.1, 0.15) is 0 Å². The van der Waals surface area contributed by atoms with E-state index in [-0.39, 0.29) is 17.4 Å². The van der Waals surface area contributed by atoms with Gasteiger partial charge in [0.2, 0.25) is 0 Å². The van der Waals surface area contributed by atoms with Crippen LogP contribution in [-0.2, 0) is 0 Å². The van der Waals surface area contributed by atoms with Gasteiger partial charge in [0, 0.05) is 0 Å². The molecule has 0 fully saturated rings. The molecule has 0 aliphatic heterocycles. The predicted octanol–water partition coefficient (Wildman–Crippen LogP) is 1.95. The molecule has 0 bridgehead atoms. The van der Waals surface area contributed by atoms with Crippen molar-refractivity contribution in [3.8, 4) is 11.6 Å². The first-order valence-corrected chi connectivity index (χ1v) is 5.67. The Balaban J connectivity index is 2.19. The van der Waals surface area contributed by atoms with Crippen molar-refractivity contribution in [1.82, 2.24) is 19.7 Å². The van der Waals surface area contributed by atoms with E-state index in [0.717, 1.165) is 6.20 Å². The van der Waals surface area contributed by atoms with Gasteiger partial charge in [-0.15, -0.1) is 0 Å². The normalized spacial score (nSPS) is 11.6. The highest BCUT2D eigenvalue weighted by molar-refractivity contribution is 9.10. The van der Waals surface area contributed by atoms with Crippen LogP contribution in [0.4, 0.5) is 19.0 Å². The molecule has 0 aromatic carbocycles. The van der Waals surface area contributed by atoms with Crippen LogP contribution in [0.25, 0.3) is 5.82 Å². The van der Waals surface area contributed by atoms with Gasteiger partial charge >= 0.3 is 6.18 Å². The van der Waals surface area contributed by atoms with Crippen molar-refractivity contribution in [3.05, 3.63) is 23.2 Å². The first-order valence-electron chi connectivity index (χ1n) is 4.88. The molecule has 102 valence electrons. The molecule has 2 aromatic rings. The summed E-state index contributed by atoms with van der Waals surface area (Å²) in [5, 5.41) is 3.81. The second-order valence-electron chi connectivity index (χ2n) is 3.43. The quantitative estimate of drug-likeness (QED) is 0.925. The van der Waals surface area contributed by atoms with E-state index >= 15 is 0 Å². The Labute approximate surface area is 113 Å². The van der Waals surface area contributed by atoms with Crippen LogP contribution in [0.5, 0.6) is 5.75 Å². The van der Waals surface area contributed by atoms with E-state index in [1.165, 1.54) is 17.1 Å². The first-order chi connectivity index (χ1) is 8.85. The second-order valence-corrected chi connectivity index (χ2v) is 4.24. The van der Waals surface area contributed by atoms with Crippen LogP contribution in [0.2, 0.25) is 0 Å². The Bertz CT molecular complexity index is 585. The first kappa shape index (κ1) is 13.6. The zero-order chi connectivity index (χ0) is 14.0. The summed E-state index contributed by atoms with van der Waals surface area (Å²) in [5.41, 5.74) is 5.60. The number of halogens is 4. The van der Waals surface area contributed by atoms with Crippen molar-refractivity contribution in [3.63, 3.8) is 0 Å². The van der Waals surface area contributed by atoms with Gasteiger partial charge in [-0.25, -0.2) is 14.6 Å². The second kappa shape index (κ2) is 5.03. The van der Waals surface area contributed by atoms with Crippen molar-refractivity contribution in [2.45, 2.75) is 6.18 Å². The Morgan fingerprint density at radius 2 is 2.11 bits per heavy atom. The Kier molecular flexibility index (Phi) is 3.60. The van der Waals surface area contributed by atoms with Gasteiger partial charge in [0.25, 0.3) is 0 Å². The lowest BCUT2D eigenvalue weighted by molar-refractivity contribution is -0.153. The molecule has 6 nitrogen and oxygen atoms in total. The summed E-state index contributed by atoms with van der Waals surface area (Å²) in [4.78, 5) is 7.85. The van der Waals surface area contributed by atoms with E-state index in [1.807, 2.05) is 0 Å². The third kappa shape index (κ3) is 3.56. The molecule has 2 N–H and O–H groups in total. The lowest BCUT2D eigenvalue weighted by Gasteiger charge is -2.06. The fourth-order valence-corrected chi connectivity index (χ4v) is 1.47. The van der Waals surface area contributed by atoms with Crippen LogP contribution in [0, 0.1) is 0 Å². The van der Waals surface area contributed by atoms with Gasteiger partial charge in [0.15, 0.2) is 24.0 Å². The van der Waals surface area contributed by atoms with E-state index in [2.05, 4.69) is 35.7 Å². The lowest BCUT2D eigenvalue weighted by atomic mass is 10.5. The van der Waals surface area contributed by atoms with E-state index in [4.69, 9.17) is 5.73 Å². The average molecular weight is 338 g/mol. The van der Waals surface area contributed by atoms with Gasteiger partial charge in [0.1, 0.15) is 4.60 Å². The summed E-state index contributed by atoms with van der Waals surface area (Å²) in [6.45, 7) is -1.39. The third-order valence-corrected chi connectivity index (χ3v) is 2.31. The molecular formula is C9H7BrF3N5O. The van der Waals surface area contributed by atoms with Gasteiger partial charge in [0.05, 0.1) is 18.6 Å². The number of nitrogens with two attached hydrogens (primary N) is 1. The molecule has 0 amide bonds. The maximum atomic E-state index is 12.0. The molecule has 2 heterocycles. The molecule has 0 aliphatic carbocycles. The number of hydrogen-bond acceptors (Lipinski definition) is 5. The molecular weight excluding hydrogens is 331 g/mol. The van der Waals surface area contributed by atoms with E-state index in [0.29, 0.717) is 4.60 Å². The summed E-state index contributed by atoms with van der Waals surface area (Å²) in [6, 6.07) is 0. The molecule has 0 atom stereocenters. The summed E-state index contributed by atoms with van der Waals surface area (Å²) >= 11 is 3.11. The molecule has 0 aliphatic rings. The van der Waals surface area contributed by atoms with E-state index in [9.17, 15) is 13.2 Å². The number of hydrogen-bond donors (Lipinski definition) is 1. The lowest BCUT2D eigenvalue weighted by Crippen LogP contribution is -2.19. The summed E-state index contributed by atoms with van der Waals surface area (Å²) < 4.78 is 42.1. The highest BCUT2D eigenvalue weighted by atomic mass is 79.9. The van der Waals surface area contributed by atoms with Crippen LogP contribution in [0.3, 0.4) is 0 Å². The minimum absolute atomic E-state index is 0.0431. The fourth-order valence-electron chi connectivity index (χ4n) is 1.20. The molecule has 0 unspecified atom stereocenters. The van der Waals surface area contributed by atoms with E-state index < -0.39 is 12.8 Å². The van der Waals surface area contributed by atoms with Gasteiger partial charge < -0.3 is 10.5 Å². The molecule has 0 saturated carbocycles. The summed E-state index contributed by atoms with van der Waals surface area (Å²) in [6.07, 6.45) is -0.646. The Hall–Kier alpha value is -1.84. The van der Waals surface area contributed by atoms with Crippen molar-refractivity contribution in [2.75, 3.05) is 12.3 Å². The molecule has 0 saturated heterocycles. The maximum absolute atomic E-state index is 12.0. The average Bonchev–Trinajstić information content (AvgIpc) is 2.77. The summed E-state index contributed by atoms with van der Waals surface area (Å²) in [5.74, 6) is 0.239. The number of rotatable bonds is 3. The number of nitrogens with zero attached hydrogens (tertiary/aromatic N) is 4. The van der Waals surface area contributed by atoms with Crippen molar-refractivity contribution in [1.29, 1.82) is 0 Å². The van der Waals surface area contributed by atoms with Crippen LogP contribution >= 0.6 is 15.9 Å². The fraction of sp³-hybridized carbons (Fsp3) is 0.222. The highest BCUT2D eigenvalue weighted by Crippen LogP contribution is 2.20. The smallest absolute Gasteiger partial charge is 0.422 e. The molecule has 2 aromatic heterocycles. The third-order valence-electron chi connectivity index (χ3n) is 1.93. The predicted molar refractivity (Wildman–Crippen MR) is 62.8 cm³/mol. The van der Waals surface area contributed by atoms with E-state index in [1.54, 1.807) is 0 Å². The monoisotopic (exact) mass is 337 g/mol. The summed E-state index contributed by atoms with van der Waals surface area (Å²) in [7, 11) is 0. The Morgan fingerprint density at radius 1 is 1.37 bits per heavy atom. The largest absolute Gasteiger partial charge is 0.481 e. The number of ether oxygens (including phenoxy) is 1. The van der Waals surface area contributed by atoms with Crippen molar-refractivity contribution < 1.29 is 17.9 Å². The van der Waals surface area contributed by atoms with Crippen LogP contribution < -0.4 is 10.5 Å². The Morgan fingerprint density at radius 3 is 2.79 bits per heavy atom. The van der Waals surface area contributed by atoms with Crippen molar-refractivity contribution in [2.24, 2.45) is 0 Å². The number of alkyl halides is 3. The molecule has 19 heavy (non-hydrogen) atoms. The molecule has 10 heteroatoms. The van der Waals surface area contributed by atoms with Gasteiger partial charge in [-0.1, -0.05) is 0 Å². The number of aromatic nitrogens is 4. The topological polar surface area (TPSA) is 78.8 Å². The number of nitrogen functional groups attached to an aromatic ring is 1. The van der Waals surface area contributed by atoms with Crippen LogP contribution in [-0.4, -0.2) is 32.5 Å². The highest BCUT2D eigenvalue weighted by Gasteiger charge is 2.28. The molecule has 2 rings (SSSR count). The van der Waals surface area contributed by atoms with Crippen molar-refractivity contribution >= 4 is 21.7 Å². The maximum Gasteiger partial charge on any atom is 0.422 e. The number of anilines is 1. The minimum Gasteiger partial charge on any atom is -0.481 e. The SMILES string of the molecule is Nc1ncc(Br)nc1-n1cc(OCC(F)(F)F)cn1. The molecule has 0 radical (unpaired) electrons. The van der Waals surface area contributed by atoms with Gasteiger partial charge in [-0.2, -0.15) is 18.3 Å². The van der Waals surface area contributed by atoms with Crippen LogP contribution in [0.15, 0.2) is 23.2 Å². The standard InChI is InChI=1S/C9H7BrF3N5O/c10-6-2-15-7(14)8(17-6)18-3-5(1-16-18)19-4-9(11,12)13/h1-3H,4H2,(H2,14,15). The minimum atomic E-state index is -4.41. The molecule has 0 spiro atoms. The zero-order valence-corrected chi connectivity index (χ0v) is 10.8. The van der Waals surface area contributed by atoms with Gasteiger partial charge in [-0.3, -0.25) is 0 Å². The zero-order valence-electron chi connectivity index (χ0n) is 9.23.